The summed E-state index contributed by atoms with van der Waals surface area (Å²) < 4.78 is 0. The van der Waals surface area contributed by atoms with E-state index < -0.39 is 5.97 Å². The van der Waals surface area contributed by atoms with Crippen molar-refractivity contribution in [3.05, 3.63) is 16.9 Å². The van der Waals surface area contributed by atoms with Crippen LogP contribution in [0.1, 0.15) is 49.0 Å². The first-order chi connectivity index (χ1) is 11.5. The molecule has 1 aliphatic carbocycles. The predicted octanol–water partition coefficient (Wildman–Crippen LogP) is 2.10. The number of nitrogens with one attached hydrogen (secondary N) is 1. The van der Waals surface area contributed by atoms with Gasteiger partial charge >= 0.3 is 5.97 Å². The maximum atomic E-state index is 12.5. The highest BCUT2D eigenvalue weighted by Gasteiger charge is 2.28. The monoisotopic (exact) mass is 352 g/mol. The van der Waals surface area contributed by atoms with Gasteiger partial charge in [0, 0.05) is 19.1 Å². The van der Waals surface area contributed by atoms with Crippen LogP contribution in [0.25, 0.3) is 0 Å². The third kappa shape index (κ3) is 3.77. The van der Waals surface area contributed by atoms with Crippen molar-refractivity contribution >= 4 is 29.4 Å². The minimum Gasteiger partial charge on any atom is -0.481 e. The largest absolute Gasteiger partial charge is 0.481 e. The fourth-order valence-corrected chi connectivity index (χ4v) is 3.50. The van der Waals surface area contributed by atoms with Gasteiger partial charge in [0.05, 0.1) is 17.1 Å². The Kier molecular flexibility index (Phi) is 5.18. The first-order valence-corrected chi connectivity index (χ1v) is 8.73. The standard InChI is InChI=1S/C16H21ClN4O3/c17-12-9-18-16(21-7-1-2-8-21)20-13(12)14(22)19-11-5-3-10(4-6-11)15(23)24/h9-11H,1-8H2,(H,19,22)(H,23,24). The van der Waals surface area contributed by atoms with E-state index in [0.717, 1.165) is 25.9 Å². The molecule has 1 amide bonds. The van der Waals surface area contributed by atoms with E-state index in [2.05, 4.69) is 15.3 Å². The third-order valence-corrected chi connectivity index (χ3v) is 5.02. The number of nitrogens with zero attached hydrogens (tertiary/aromatic N) is 3. The zero-order valence-electron chi connectivity index (χ0n) is 13.4. The number of hydrogen-bond donors (Lipinski definition) is 2. The lowest BCUT2D eigenvalue weighted by atomic mass is 9.86. The van der Waals surface area contributed by atoms with Crippen LogP contribution in [-0.2, 0) is 4.79 Å². The Morgan fingerprint density at radius 3 is 2.50 bits per heavy atom. The quantitative estimate of drug-likeness (QED) is 0.861. The Morgan fingerprint density at radius 2 is 1.88 bits per heavy atom. The zero-order chi connectivity index (χ0) is 17.1. The average Bonchev–Trinajstić information content (AvgIpc) is 3.10. The highest BCUT2D eigenvalue weighted by atomic mass is 35.5. The van der Waals surface area contributed by atoms with Gasteiger partial charge in [-0.3, -0.25) is 9.59 Å². The fraction of sp³-hybridized carbons (Fsp3) is 0.625. The normalized spacial score (nSPS) is 24.0. The first-order valence-electron chi connectivity index (χ1n) is 8.35. The van der Waals surface area contributed by atoms with Crippen LogP contribution in [0.5, 0.6) is 0 Å². The van der Waals surface area contributed by atoms with Crippen LogP contribution in [0, 0.1) is 5.92 Å². The average molecular weight is 353 g/mol. The summed E-state index contributed by atoms with van der Waals surface area (Å²) in [5.74, 6) is -0.838. The van der Waals surface area contributed by atoms with Gasteiger partial charge in [0.15, 0.2) is 5.69 Å². The molecule has 2 heterocycles. The maximum Gasteiger partial charge on any atom is 0.306 e. The van der Waals surface area contributed by atoms with E-state index in [1.807, 2.05) is 4.90 Å². The summed E-state index contributed by atoms with van der Waals surface area (Å²) >= 11 is 6.10. The molecule has 0 atom stereocenters. The Balaban J connectivity index is 1.64. The molecule has 8 heteroatoms. The summed E-state index contributed by atoms with van der Waals surface area (Å²) in [6.07, 6.45) is 6.14. The van der Waals surface area contributed by atoms with Crippen LogP contribution in [0.4, 0.5) is 5.95 Å². The number of carboxylic acid groups (broad SMARTS) is 1. The van der Waals surface area contributed by atoms with Gasteiger partial charge in [-0.2, -0.15) is 0 Å². The smallest absolute Gasteiger partial charge is 0.306 e. The van der Waals surface area contributed by atoms with Crippen LogP contribution in [0.2, 0.25) is 5.02 Å². The molecule has 7 nitrogen and oxygen atoms in total. The Bertz CT molecular complexity index is 626. The van der Waals surface area contributed by atoms with Crippen molar-refractivity contribution in [3.63, 3.8) is 0 Å². The lowest BCUT2D eigenvalue weighted by Gasteiger charge is -2.26. The summed E-state index contributed by atoms with van der Waals surface area (Å²) in [7, 11) is 0. The summed E-state index contributed by atoms with van der Waals surface area (Å²) in [6.45, 7) is 1.78. The van der Waals surface area contributed by atoms with Gasteiger partial charge in [0.2, 0.25) is 5.95 Å². The number of carbonyl (C=O) groups is 2. The van der Waals surface area contributed by atoms with Crippen molar-refractivity contribution in [2.45, 2.75) is 44.6 Å². The van der Waals surface area contributed by atoms with Gasteiger partial charge in [0.25, 0.3) is 5.91 Å². The predicted molar refractivity (Wildman–Crippen MR) is 89.3 cm³/mol. The van der Waals surface area contributed by atoms with Gasteiger partial charge in [0.1, 0.15) is 0 Å². The minimum absolute atomic E-state index is 0.0330. The molecule has 2 aliphatic rings. The third-order valence-electron chi connectivity index (χ3n) is 4.75. The van der Waals surface area contributed by atoms with Crippen molar-refractivity contribution in [2.24, 2.45) is 5.92 Å². The number of aromatic nitrogens is 2. The Morgan fingerprint density at radius 1 is 1.21 bits per heavy atom. The molecule has 1 aliphatic heterocycles. The summed E-state index contributed by atoms with van der Waals surface area (Å²) in [5, 5.41) is 12.2. The van der Waals surface area contributed by atoms with E-state index in [-0.39, 0.29) is 28.6 Å². The topological polar surface area (TPSA) is 95.4 Å². The van der Waals surface area contributed by atoms with E-state index in [9.17, 15) is 9.59 Å². The summed E-state index contributed by atoms with van der Waals surface area (Å²) in [5.41, 5.74) is 0.189. The molecular formula is C16H21ClN4O3. The fourth-order valence-electron chi connectivity index (χ4n) is 3.32. The zero-order valence-corrected chi connectivity index (χ0v) is 14.1. The van der Waals surface area contributed by atoms with Crippen molar-refractivity contribution in [1.29, 1.82) is 0 Å². The van der Waals surface area contributed by atoms with Crippen LogP contribution in [0.3, 0.4) is 0 Å². The number of rotatable bonds is 4. The van der Waals surface area contributed by atoms with Gasteiger partial charge in [-0.25, -0.2) is 9.97 Å². The number of carboxylic acids is 1. The van der Waals surface area contributed by atoms with Crippen molar-refractivity contribution in [2.75, 3.05) is 18.0 Å². The molecule has 0 unspecified atom stereocenters. The Labute approximate surface area is 145 Å². The number of carbonyl (C=O) groups excluding carboxylic acids is 1. The lowest BCUT2D eigenvalue weighted by molar-refractivity contribution is -0.142. The second-order valence-electron chi connectivity index (χ2n) is 6.42. The molecule has 0 radical (unpaired) electrons. The lowest BCUT2D eigenvalue weighted by Crippen LogP contribution is -2.39. The molecule has 24 heavy (non-hydrogen) atoms. The SMILES string of the molecule is O=C(NC1CCC(C(=O)O)CC1)c1nc(N2CCCC2)ncc1Cl. The van der Waals surface area contributed by atoms with Crippen LogP contribution in [0.15, 0.2) is 6.20 Å². The van der Waals surface area contributed by atoms with Crippen molar-refractivity contribution in [1.82, 2.24) is 15.3 Å². The van der Waals surface area contributed by atoms with Crippen LogP contribution >= 0.6 is 11.6 Å². The number of amides is 1. The molecule has 0 aromatic carbocycles. The molecule has 2 N–H and O–H groups in total. The second kappa shape index (κ2) is 7.34. The van der Waals surface area contributed by atoms with Crippen molar-refractivity contribution < 1.29 is 14.7 Å². The van der Waals surface area contributed by atoms with Gasteiger partial charge in [-0.1, -0.05) is 11.6 Å². The van der Waals surface area contributed by atoms with Crippen molar-refractivity contribution in [3.8, 4) is 0 Å². The first kappa shape index (κ1) is 17.0. The molecule has 1 aromatic heterocycles. The molecule has 1 saturated heterocycles. The Hall–Kier alpha value is -1.89. The van der Waals surface area contributed by atoms with E-state index in [1.54, 1.807) is 0 Å². The van der Waals surface area contributed by atoms with E-state index in [4.69, 9.17) is 16.7 Å². The summed E-state index contributed by atoms with van der Waals surface area (Å²) in [6, 6.07) is -0.0330. The van der Waals surface area contributed by atoms with E-state index in [0.29, 0.717) is 31.6 Å². The van der Waals surface area contributed by atoms with Gasteiger partial charge in [-0.15, -0.1) is 0 Å². The number of aliphatic carboxylic acids is 1. The number of halogens is 1. The highest BCUT2D eigenvalue weighted by Crippen LogP contribution is 2.25. The van der Waals surface area contributed by atoms with Crippen LogP contribution < -0.4 is 10.2 Å². The van der Waals surface area contributed by atoms with E-state index >= 15 is 0 Å². The molecule has 1 saturated carbocycles. The van der Waals surface area contributed by atoms with E-state index in [1.165, 1.54) is 6.20 Å². The second-order valence-corrected chi connectivity index (χ2v) is 6.83. The molecule has 1 aromatic rings. The summed E-state index contributed by atoms with van der Waals surface area (Å²) in [4.78, 5) is 34.1. The highest BCUT2D eigenvalue weighted by molar-refractivity contribution is 6.33. The molecule has 0 bridgehead atoms. The van der Waals surface area contributed by atoms with Crippen LogP contribution in [-0.4, -0.2) is 46.1 Å². The number of hydrogen-bond acceptors (Lipinski definition) is 5. The molecule has 130 valence electrons. The molecular weight excluding hydrogens is 332 g/mol. The molecule has 0 spiro atoms. The molecule has 2 fully saturated rings. The number of anilines is 1. The van der Waals surface area contributed by atoms with Gasteiger partial charge < -0.3 is 15.3 Å². The minimum atomic E-state index is -0.756. The van der Waals surface area contributed by atoms with Gasteiger partial charge in [-0.05, 0) is 38.5 Å². The molecule has 3 rings (SSSR count). The maximum absolute atomic E-state index is 12.5.